The molecule has 6 nitrogen and oxygen atoms in total. The first-order valence-electron chi connectivity index (χ1n) is 5.30. The molecule has 1 unspecified atom stereocenters. The second kappa shape index (κ2) is 6.41. The summed E-state index contributed by atoms with van der Waals surface area (Å²) in [6.07, 6.45) is 0. The number of amides is 1. The highest BCUT2D eigenvalue weighted by molar-refractivity contribution is 7.11. The Bertz CT molecular complexity index is 380. The number of nitrogens with two attached hydrogens (primary N) is 1. The first kappa shape index (κ1) is 13.7. The first-order valence-corrected chi connectivity index (χ1v) is 6.07. The number of ether oxygens (including phenoxy) is 1. The standard InChI is InChI=1S/C10H18N4O2S/c1-6(5-16-3)4-13-10-7(9(15)12-2)8(11)14-17-10/h6,13H,4-5H2,1-3H3,(H2,11,14)(H,12,15). The highest BCUT2D eigenvalue weighted by Crippen LogP contribution is 2.26. The molecule has 0 bridgehead atoms. The van der Waals surface area contributed by atoms with E-state index in [1.165, 1.54) is 11.5 Å². The van der Waals surface area contributed by atoms with Crippen molar-refractivity contribution in [1.29, 1.82) is 0 Å². The molecule has 1 heterocycles. The molecule has 1 atom stereocenters. The third kappa shape index (κ3) is 3.57. The molecule has 1 aromatic rings. The lowest BCUT2D eigenvalue weighted by molar-refractivity contribution is 0.0965. The van der Waals surface area contributed by atoms with Crippen LogP contribution in [0.5, 0.6) is 0 Å². The number of nitrogens with one attached hydrogen (secondary N) is 2. The molecular weight excluding hydrogens is 240 g/mol. The van der Waals surface area contributed by atoms with Gasteiger partial charge in [0.15, 0.2) is 5.82 Å². The third-order valence-corrected chi connectivity index (χ3v) is 3.05. The molecule has 1 rings (SSSR count). The minimum absolute atomic E-state index is 0.224. The van der Waals surface area contributed by atoms with Crippen LogP contribution in [0.1, 0.15) is 17.3 Å². The van der Waals surface area contributed by atoms with Crippen LogP contribution in [0.2, 0.25) is 0 Å². The summed E-state index contributed by atoms with van der Waals surface area (Å²) in [5.41, 5.74) is 6.08. The van der Waals surface area contributed by atoms with Crippen molar-refractivity contribution < 1.29 is 9.53 Å². The Morgan fingerprint density at radius 2 is 2.35 bits per heavy atom. The molecule has 1 aromatic heterocycles. The number of hydrogen-bond acceptors (Lipinski definition) is 6. The monoisotopic (exact) mass is 258 g/mol. The van der Waals surface area contributed by atoms with Crippen LogP contribution in [-0.2, 0) is 4.74 Å². The summed E-state index contributed by atoms with van der Waals surface area (Å²) >= 11 is 1.19. The smallest absolute Gasteiger partial charge is 0.257 e. The molecule has 0 saturated carbocycles. The summed E-state index contributed by atoms with van der Waals surface area (Å²) in [6, 6.07) is 0. The van der Waals surface area contributed by atoms with Crippen LogP contribution in [0.25, 0.3) is 0 Å². The van der Waals surface area contributed by atoms with Crippen LogP contribution in [0, 0.1) is 5.92 Å². The maximum absolute atomic E-state index is 11.6. The quantitative estimate of drug-likeness (QED) is 0.701. The van der Waals surface area contributed by atoms with E-state index in [4.69, 9.17) is 10.5 Å². The predicted octanol–water partition coefficient (Wildman–Crippen LogP) is 0.779. The molecule has 0 aliphatic heterocycles. The first-order chi connectivity index (χ1) is 8.10. The minimum Gasteiger partial charge on any atom is -0.384 e. The van der Waals surface area contributed by atoms with E-state index in [1.54, 1.807) is 14.2 Å². The number of nitrogen functional groups attached to an aromatic ring is 1. The maximum atomic E-state index is 11.6. The average Bonchev–Trinajstić information content (AvgIpc) is 2.67. The van der Waals surface area contributed by atoms with Gasteiger partial charge in [0.1, 0.15) is 10.6 Å². The van der Waals surface area contributed by atoms with Crippen molar-refractivity contribution in [3.8, 4) is 0 Å². The van der Waals surface area contributed by atoms with Gasteiger partial charge in [-0.15, -0.1) is 0 Å². The van der Waals surface area contributed by atoms with Crippen molar-refractivity contribution in [1.82, 2.24) is 9.69 Å². The summed E-state index contributed by atoms with van der Waals surface area (Å²) in [5, 5.41) is 6.41. The fourth-order valence-electron chi connectivity index (χ4n) is 1.38. The molecule has 7 heteroatoms. The molecule has 0 spiro atoms. The zero-order valence-corrected chi connectivity index (χ0v) is 11.1. The summed E-state index contributed by atoms with van der Waals surface area (Å²) in [6.45, 7) is 3.43. The fourth-order valence-corrected chi connectivity index (χ4v) is 2.10. The number of anilines is 2. The van der Waals surface area contributed by atoms with Gasteiger partial charge in [-0.3, -0.25) is 4.79 Å². The van der Waals surface area contributed by atoms with Crippen LogP contribution in [0.3, 0.4) is 0 Å². The van der Waals surface area contributed by atoms with E-state index in [9.17, 15) is 4.79 Å². The molecule has 96 valence electrons. The van der Waals surface area contributed by atoms with Crippen molar-refractivity contribution in [3.05, 3.63) is 5.56 Å². The van der Waals surface area contributed by atoms with Gasteiger partial charge in [0, 0.05) is 20.7 Å². The summed E-state index contributed by atoms with van der Waals surface area (Å²) < 4.78 is 9.01. The number of rotatable bonds is 6. The van der Waals surface area contributed by atoms with E-state index in [1.807, 2.05) is 0 Å². The van der Waals surface area contributed by atoms with E-state index < -0.39 is 0 Å². The Morgan fingerprint density at radius 3 is 2.94 bits per heavy atom. The molecule has 0 radical (unpaired) electrons. The summed E-state index contributed by atoms with van der Waals surface area (Å²) in [7, 11) is 3.23. The van der Waals surface area contributed by atoms with Gasteiger partial charge in [0.2, 0.25) is 0 Å². The highest BCUT2D eigenvalue weighted by atomic mass is 32.1. The SMILES string of the molecule is CNC(=O)c1c(N)nsc1NCC(C)COC. The Kier molecular flexibility index (Phi) is 5.17. The molecule has 17 heavy (non-hydrogen) atoms. The number of aromatic nitrogens is 1. The van der Waals surface area contributed by atoms with Crippen molar-refractivity contribution in [3.63, 3.8) is 0 Å². The van der Waals surface area contributed by atoms with E-state index in [2.05, 4.69) is 21.9 Å². The Labute approximate surface area is 105 Å². The lowest BCUT2D eigenvalue weighted by Crippen LogP contribution is -2.21. The Balaban J connectivity index is 2.68. The molecular formula is C10H18N4O2S. The van der Waals surface area contributed by atoms with Crippen molar-refractivity contribution in [2.24, 2.45) is 5.92 Å². The summed E-state index contributed by atoms with van der Waals surface area (Å²) in [4.78, 5) is 11.6. The average molecular weight is 258 g/mol. The van der Waals surface area contributed by atoms with Gasteiger partial charge in [-0.2, -0.15) is 4.37 Å². The largest absolute Gasteiger partial charge is 0.384 e. The Morgan fingerprint density at radius 1 is 1.65 bits per heavy atom. The number of carbonyl (C=O) groups is 1. The molecule has 0 aliphatic rings. The molecule has 0 aliphatic carbocycles. The van der Waals surface area contributed by atoms with E-state index in [-0.39, 0.29) is 11.7 Å². The fraction of sp³-hybridized carbons (Fsp3) is 0.600. The molecule has 0 fully saturated rings. The normalized spacial score (nSPS) is 12.2. The second-order valence-electron chi connectivity index (χ2n) is 3.79. The van der Waals surface area contributed by atoms with Gasteiger partial charge in [0.05, 0.1) is 6.61 Å². The van der Waals surface area contributed by atoms with Crippen molar-refractivity contribution >= 4 is 28.3 Å². The van der Waals surface area contributed by atoms with Crippen molar-refractivity contribution in [2.45, 2.75) is 6.92 Å². The third-order valence-electron chi connectivity index (χ3n) is 2.23. The lowest BCUT2D eigenvalue weighted by atomic mass is 10.2. The van der Waals surface area contributed by atoms with Gasteiger partial charge in [-0.25, -0.2) is 0 Å². The van der Waals surface area contributed by atoms with Crippen LogP contribution in [0.4, 0.5) is 10.8 Å². The topological polar surface area (TPSA) is 89.3 Å². The van der Waals surface area contributed by atoms with Crippen LogP contribution in [0.15, 0.2) is 0 Å². The maximum Gasteiger partial charge on any atom is 0.257 e. The van der Waals surface area contributed by atoms with Gasteiger partial charge in [0.25, 0.3) is 5.91 Å². The van der Waals surface area contributed by atoms with Gasteiger partial charge >= 0.3 is 0 Å². The van der Waals surface area contributed by atoms with E-state index in [0.29, 0.717) is 29.6 Å². The number of methoxy groups -OCH3 is 1. The minimum atomic E-state index is -0.224. The highest BCUT2D eigenvalue weighted by Gasteiger charge is 2.18. The molecule has 4 N–H and O–H groups in total. The summed E-state index contributed by atoms with van der Waals surface area (Å²) in [5.74, 6) is 0.384. The van der Waals surface area contributed by atoms with E-state index in [0.717, 1.165) is 0 Å². The zero-order chi connectivity index (χ0) is 12.8. The second-order valence-corrected chi connectivity index (χ2v) is 4.57. The van der Waals surface area contributed by atoms with Crippen LogP contribution in [-0.4, -0.2) is 37.6 Å². The molecule has 0 aromatic carbocycles. The van der Waals surface area contributed by atoms with Crippen LogP contribution >= 0.6 is 11.5 Å². The predicted molar refractivity (Wildman–Crippen MR) is 69.4 cm³/mol. The lowest BCUT2D eigenvalue weighted by Gasteiger charge is -2.11. The number of hydrogen-bond donors (Lipinski definition) is 3. The number of nitrogens with zero attached hydrogens (tertiary/aromatic N) is 1. The molecule has 0 saturated heterocycles. The van der Waals surface area contributed by atoms with Crippen molar-refractivity contribution in [2.75, 3.05) is 38.4 Å². The van der Waals surface area contributed by atoms with Gasteiger partial charge in [-0.1, -0.05) is 6.92 Å². The van der Waals surface area contributed by atoms with Gasteiger partial charge < -0.3 is 21.1 Å². The zero-order valence-electron chi connectivity index (χ0n) is 10.2. The number of carbonyl (C=O) groups excluding carboxylic acids is 1. The van der Waals surface area contributed by atoms with E-state index >= 15 is 0 Å². The van der Waals surface area contributed by atoms with Crippen LogP contribution < -0.4 is 16.4 Å². The van der Waals surface area contributed by atoms with Gasteiger partial charge in [-0.05, 0) is 17.5 Å². The Hall–Kier alpha value is -1.34. The molecule has 1 amide bonds.